The Morgan fingerprint density at radius 2 is 2.08 bits per heavy atom. The van der Waals surface area contributed by atoms with E-state index in [-0.39, 0.29) is 12.2 Å². The van der Waals surface area contributed by atoms with E-state index in [4.69, 9.17) is 27.9 Å². The van der Waals surface area contributed by atoms with Crippen molar-refractivity contribution in [3.05, 3.63) is 58.1 Å². The number of rotatable bonds is 4. The third-order valence-corrected chi connectivity index (χ3v) is 5.58. The summed E-state index contributed by atoms with van der Waals surface area (Å²) in [6.45, 7) is 2.93. The quantitative estimate of drug-likeness (QED) is 0.616. The minimum Gasteiger partial charge on any atom is -0.370 e. The highest BCUT2D eigenvalue weighted by Crippen LogP contribution is 2.36. The zero-order valence-electron chi connectivity index (χ0n) is 14.0. The van der Waals surface area contributed by atoms with Gasteiger partial charge in [0.15, 0.2) is 0 Å². The van der Waals surface area contributed by atoms with E-state index >= 15 is 0 Å². The first-order valence-electron chi connectivity index (χ1n) is 8.49. The van der Waals surface area contributed by atoms with Crippen LogP contribution in [-0.2, 0) is 11.3 Å². The van der Waals surface area contributed by atoms with Gasteiger partial charge >= 0.3 is 0 Å². The molecule has 1 fully saturated rings. The van der Waals surface area contributed by atoms with E-state index in [1.165, 1.54) is 0 Å². The van der Waals surface area contributed by atoms with E-state index in [2.05, 4.69) is 14.5 Å². The highest BCUT2D eigenvalue weighted by atomic mass is 35.5. The van der Waals surface area contributed by atoms with Crippen LogP contribution in [0.4, 0.5) is 0 Å². The minimum absolute atomic E-state index is 0.101. The minimum atomic E-state index is 0.101. The molecule has 4 rings (SSSR count). The summed E-state index contributed by atoms with van der Waals surface area (Å²) in [6, 6.07) is 7.77. The van der Waals surface area contributed by atoms with Crippen LogP contribution in [0.15, 0.2) is 36.7 Å². The van der Waals surface area contributed by atoms with Gasteiger partial charge in [-0.2, -0.15) is 0 Å². The Kier molecular flexibility index (Phi) is 4.67. The molecule has 4 nitrogen and oxygen atoms in total. The molecule has 2 aromatic heterocycles. The summed E-state index contributed by atoms with van der Waals surface area (Å²) in [7, 11) is 0. The number of ether oxygens (including phenoxy) is 1. The molecule has 6 heteroatoms. The van der Waals surface area contributed by atoms with Gasteiger partial charge < -0.3 is 9.30 Å². The predicted octanol–water partition coefficient (Wildman–Crippen LogP) is 5.36. The molecule has 0 radical (unpaired) electrons. The Morgan fingerprint density at radius 1 is 1.20 bits per heavy atom. The van der Waals surface area contributed by atoms with Gasteiger partial charge in [-0.15, -0.1) is 0 Å². The molecule has 1 aliphatic heterocycles. The molecule has 3 heterocycles. The maximum atomic E-state index is 6.24. The van der Waals surface area contributed by atoms with Crippen molar-refractivity contribution in [3.8, 4) is 0 Å². The number of aryl methyl sites for hydroxylation is 2. The standard InChI is InChI=1S/C19H19Cl2N3O/c1-12-23-17-11-22-8-6-18(17)24(12)9-7-14-3-5-19(25-14)13-2-4-15(20)16(21)10-13/h2,4,6,8,10-11,14,19H,3,5,7,9H2,1H3. The van der Waals surface area contributed by atoms with E-state index in [9.17, 15) is 0 Å². The summed E-state index contributed by atoms with van der Waals surface area (Å²) >= 11 is 12.1. The van der Waals surface area contributed by atoms with Gasteiger partial charge in [0.25, 0.3) is 0 Å². The number of benzene rings is 1. The normalized spacial score (nSPS) is 20.4. The van der Waals surface area contributed by atoms with Crippen LogP contribution in [0.5, 0.6) is 0 Å². The molecule has 1 aliphatic rings. The number of nitrogens with zero attached hydrogens (tertiary/aromatic N) is 3. The van der Waals surface area contributed by atoms with Crippen molar-refractivity contribution in [2.24, 2.45) is 0 Å². The van der Waals surface area contributed by atoms with Crippen LogP contribution in [0.3, 0.4) is 0 Å². The molecule has 3 aromatic rings. The summed E-state index contributed by atoms with van der Waals surface area (Å²) in [5, 5.41) is 1.16. The van der Waals surface area contributed by atoms with E-state index in [0.717, 1.165) is 48.2 Å². The first-order valence-corrected chi connectivity index (χ1v) is 9.24. The summed E-state index contributed by atoms with van der Waals surface area (Å²) in [5.41, 5.74) is 3.18. The van der Waals surface area contributed by atoms with Gasteiger partial charge in [-0.25, -0.2) is 4.98 Å². The number of fused-ring (bicyclic) bond motifs is 1. The smallest absolute Gasteiger partial charge is 0.107 e. The molecule has 0 spiro atoms. The molecule has 0 amide bonds. The van der Waals surface area contributed by atoms with Gasteiger partial charge in [0.1, 0.15) is 11.3 Å². The first kappa shape index (κ1) is 16.8. The number of halogens is 2. The van der Waals surface area contributed by atoms with Crippen LogP contribution < -0.4 is 0 Å². The molecule has 0 aliphatic carbocycles. The Balaban J connectivity index is 1.42. The van der Waals surface area contributed by atoms with Crippen LogP contribution in [0.25, 0.3) is 11.0 Å². The Bertz CT molecular complexity index is 909. The third kappa shape index (κ3) is 3.39. The maximum Gasteiger partial charge on any atom is 0.107 e. The number of aromatic nitrogens is 3. The summed E-state index contributed by atoms with van der Waals surface area (Å²) < 4.78 is 8.49. The van der Waals surface area contributed by atoms with Crippen molar-refractivity contribution in [2.75, 3.05) is 0 Å². The van der Waals surface area contributed by atoms with Crippen molar-refractivity contribution >= 4 is 34.2 Å². The second-order valence-corrected chi connectivity index (χ2v) is 7.28. The molecule has 130 valence electrons. The molecule has 25 heavy (non-hydrogen) atoms. The van der Waals surface area contributed by atoms with Crippen LogP contribution >= 0.6 is 23.2 Å². The van der Waals surface area contributed by atoms with E-state index in [1.54, 1.807) is 0 Å². The molecule has 0 bridgehead atoms. The van der Waals surface area contributed by atoms with Gasteiger partial charge in [0, 0.05) is 12.7 Å². The number of hydrogen-bond donors (Lipinski definition) is 0. The average molecular weight is 376 g/mol. The van der Waals surface area contributed by atoms with E-state index < -0.39 is 0 Å². The van der Waals surface area contributed by atoms with Crippen molar-refractivity contribution in [3.63, 3.8) is 0 Å². The number of hydrogen-bond acceptors (Lipinski definition) is 3. The highest BCUT2D eigenvalue weighted by Gasteiger charge is 2.27. The molecule has 0 saturated carbocycles. The monoisotopic (exact) mass is 375 g/mol. The van der Waals surface area contributed by atoms with Crippen molar-refractivity contribution in [1.29, 1.82) is 0 Å². The van der Waals surface area contributed by atoms with Crippen molar-refractivity contribution < 1.29 is 4.74 Å². The first-order chi connectivity index (χ1) is 12.1. The average Bonchev–Trinajstić information content (AvgIpc) is 3.19. The lowest BCUT2D eigenvalue weighted by Crippen LogP contribution is -2.12. The van der Waals surface area contributed by atoms with Gasteiger partial charge in [0.05, 0.1) is 34.0 Å². The Hall–Kier alpha value is -1.62. The van der Waals surface area contributed by atoms with Crippen LogP contribution in [0.2, 0.25) is 10.0 Å². The molecule has 2 unspecified atom stereocenters. The summed E-state index contributed by atoms with van der Waals surface area (Å²) in [5.74, 6) is 1.02. The van der Waals surface area contributed by atoms with Crippen LogP contribution in [0, 0.1) is 6.92 Å². The van der Waals surface area contributed by atoms with E-state index in [1.807, 2.05) is 43.6 Å². The molecule has 2 atom stereocenters. The van der Waals surface area contributed by atoms with Crippen LogP contribution in [-0.4, -0.2) is 20.6 Å². The zero-order valence-corrected chi connectivity index (χ0v) is 15.5. The third-order valence-electron chi connectivity index (χ3n) is 4.84. The van der Waals surface area contributed by atoms with Crippen LogP contribution in [0.1, 0.15) is 36.8 Å². The Morgan fingerprint density at radius 3 is 2.92 bits per heavy atom. The molecule has 1 aromatic carbocycles. The maximum absolute atomic E-state index is 6.24. The second-order valence-electron chi connectivity index (χ2n) is 6.46. The molecule has 0 N–H and O–H groups in total. The van der Waals surface area contributed by atoms with Crippen molar-refractivity contribution in [1.82, 2.24) is 14.5 Å². The lowest BCUT2D eigenvalue weighted by atomic mass is 10.1. The number of pyridine rings is 1. The molecular weight excluding hydrogens is 357 g/mol. The van der Waals surface area contributed by atoms with Gasteiger partial charge in [-0.05, 0) is 49.9 Å². The topological polar surface area (TPSA) is 39.9 Å². The van der Waals surface area contributed by atoms with Gasteiger partial charge in [-0.3, -0.25) is 4.98 Å². The van der Waals surface area contributed by atoms with Gasteiger partial charge in [-0.1, -0.05) is 29.3 Å². The zero-order chi connectivity index (χ0) is 17.4. The SMILES string of the molecule is Cc1nc2cnccc2n1CCC1CCC(c2ccc(Cl)c(Cl)c2)O1. The Labute approximate surface area is 156 Å². The van der Waals surface area contributed by atoms with Crippen molar-refractivity contribution in [2.45, 2.75) is 44.9 Å². The number of imidazole rings is 1. The summed E-state index contributed by atoms with van der Waals surface area (Å²) in [6.07, 6.45) is 7.00. The summed E-state index contributed by atoms with van der Waals surface area (Å²) in [4.78, 5) is 8.71. The predicted molar refractivity (Wildman–Crippen MR) is 100 cm³/mol. The lowest BCUT2D eigenvalue weighted by molar-refractivity contribution is 0.0377. The lowest BCUT2D eigenvalue weighted by Gasteiger charge is -2.15. The fraction of sp³-hybridized carbons (Fsp3) is 0.368. The second kappa shape index (κ2) is 6.94. The fourth-order valence-electron chi connectivity index (χ4n) is 3.53. The molecular formula is C19H19Cl2N3O. The van der Waals surface area contributed by atoms with E-state index in [0.29, 0.717) is 10.0 Å². The molecule has 1 saturated heterocycles. The fourth-order valence-corrected chi connectivity index (χ4v) is 3.84. The largest absolute Gasteiger partial charge is 0.370 e. The highest BCUT2D eigenvalue weighted by molar-refractivity contribution is 6.42. The van der Waals surface area contributed by atoms with Gasteiger partial charge in [0.2, 0.25) is 0 Å².